The molecule has 2 aromatic rings. The molecule has 2 rings (SSSR count). The van der Waals surface area contributed by atoms with Gasteiger partial charge in [0.1, 0.15) is 5.82 Å². The molecule has 0 aromatic carbocycles. The molecule has 0 fully saturated rings. The van der Waals surface area contributed by atoms with Crippen LogP contribution in [0.3, 0.4) is 0 Å². The molecule has 0 saturated carbocycles. The maximum Gasteiger partial charge on any atom is 0.141 e. The van der Waals surface area contributed by atoms with E-state index in [1.807, 2.05) is 42.5 Å². The highest BCUT2D eigenvalue weighted by Gasteiger charge is 2.04. The molecule has 2 aromatic heterocycles. The van der Waals surface area contributed by atoms with Crippen LogP contribution >= 0.6 is 11.8 Å². The first-order valence-corrected chi connectivity index (χ1v) is 6.21. The molecule has 0 aliphatic rings. The minimum Gasteiger partial charge on any atom is -0.330 e. The molecule has 0 N–H and O–H groups in total. The van der Waals surface area contributed by atoms with Crippen LogP contribution < -0.4 is 0 Å². The van der Waals surface area contributed by atoms with Crippen molar-refractivity contribution in [1.29, 1.82) is 0 Å². The molecule has 0 atom stereocenters. The number of rotatable bonds is 4. The van der Waals surface area contributed by atoms with Crippen molar-refractivity contribution in [1.82, 2.24) is 14.5 Å². The first-order chi connectivity index (χ1) is 7.42. The summed E-state index contributed by atoms with van der Waals surface area (Å²) in [5.74, 6) is 2.10. The summed E-state index contributed by atoms with van der Waals surface area (Å²) in [6.45, 7) is 0.991. The molecule has 0 aliphatic heterocycles. The Morgan fingerprint density at radius 2 is 2.33 bits per heavy atom. The van der Waals surface area contributed by atoms with Crippen LogP contribution in [0.2, 0.25) is 0 Å². The van der Waals surface area contributed by atoms with Gasteiger partial charge in [-0.1, -0.05) is 0 Å². The van der Waals surface area contributed by atoms with Gasteiger partial charge in [-0.05, 0) is 18.4 Å². The molecule has 4 heteroatoms. The summed E-state index contributed by atoms with van der Waals surface area (Å²) < 4.78 is 2.16. The van der Waals surface area contributed by atoms with Gasteiger partial charge >= 0.3 is 0 Å². The molecular weight excluding hydrogens is 206 g/mol. The van der Waals surface area contributed by atoms with Gasteiger partial charge in [-0.2, -0.15) is 11.8 Å². The number of pyridine rings is 1. The molecule has 0 spiro atoms. The van der Waals surface area contributed by atoms with Crippen molar-refractivity contribution >= 4 is 11.8 Å². The first-order valence-electron chi connectivity index (χ1n) is 4.82. The number of thioether (sulfide) groups is 1. The van der Waals surface area contributed by atoms with E-state index in [1.54, 1.807) is 6.20 Å². The van der Waals surface area contributed by atoms with Crippen LogP contribution in [0, 0.1) is 0 Å². The maximum absolute atomic E-state index is 4.35. The summed E-state index contributed by atoms with van der Waals surface area (Å²) in [7, 11) is 0. The van der Waals surface area contributed by atoms with Gasteiger partial charge in [0.05, 0.1) is 0 Å². The molecule has 3 nitrogen and oxygen atoms in total. The maximum atomic E-state index is 4.35. The second kappa shape index (κ2) is 4.98. The highest BCUT2D eigenvalue weighted by Crippen LogP contribution is 2.15. The Kier molecular flexibility index (Phi) is 3.40. The fourth-order valence-corrected chi connectivity index (χ4v) is 1.81. The number of nitrogens with zero attached hydrogens (tertiary/aromatic N) is 3. The van der Waals surface area contributed by atoms with Crippen molar-refractivity contribution in [3.63, 3.8) is 0 Å². The largest absolute Gasteiger partial charge is 0.330 e. The summed E-state index contributed by atoms with van der Waals surface area (Å²) in [6, 6.07) is 3.97. The zero-order chi connectivity index (χ0) is 10.5. The molecule has 0 unspecified atom stereocenters. The van der Waals surface area contributed by atoms with Crippen LogP contribution in [0.5, 0.6) is 0 Å². The van der Waals surface area contributed by atoms with E-state index in [2.05, 4.69) is 20.8 Å². The zero-order valence-electron chi connectivity index (χ0n) is 8.63. The van der Waals surface area contributed by atoms with E-state index >= 15 is 0 Å². The summed E-state index contributed by atoms with van der Waals surface area (Å²) >= 11 is 1.84. The van der Waals surface area contributed by atoms with Gasteiger partial charge in [-0.15, -0.1) is 0 Å². The Bertz CT molecular complexity index is 411. The van der Waals surface area contributed by atoms with Crippen LogP contribution in [-0.4, -0.2) is 26.5 Å². The molecule has 78 valence electrons. The van der Waals surface area contributed by atoms with Crippen LogP contribution in [-0.2, 0) is 6.54 Å². The van der Waals surface area contributed by atoms with Crippen LogP contribution in [0.25, 0.3) is 11.4 Å². The predicted molar refractivity (Wildman–Crippen MR) is 63.8 cm³/mol. The smallest absolute Gasteiger partial charge is 0.141 e. The van der Waals surface area contributed by atoms with Gasteiger partial charge in [-0.25, -0.2) is 4.98 Å². The highest BCUT2D eigenvalue weighted by molar-refractivity contribution is 7.98. The van der Waals surface area contributed by atoms with E-state index in [0.29, 0.717) is 0 Å². The van der Waals surface area contributed by atoms with Crippen molar-refractivity contribution in [3.05, 3.63) is 36.9 Å². The van der Waals surface area contributed by atoms with E-state index in [4.69, 9.17) is 0 Å². The van der Waals surface area contributed by atoms with Crippen molar-refractivity contribution < 1.29 is 0 Å². The van der Waals surface area contributed by atoms with Gasteiger partial charge in [0.25, 0.3) is 0 Å². The number of aromatic nitrogens is 3. The summed E-state index contributed by atoms with van der Waals surface area (Å²) in [5.41, 5.74) is 1.07. The second-order valence-corrected chi connectivity index (χ2v) is 4.16. The molecule has 0 radical (unpaired) electrons. The topological polar surface area (TPSA) is 30.7 Å². The Labute approximate surface area is 93.6 Å². The number of aryl methyl sites for hydroxylation is 1. The van der Waals surface area contributed by atoms with Crippen LogP contribution in [0.1, 0.15) is 0 Å². The minimum atomic E-state index is 0.991. The van der Waals surface area contributed by atoms with E-state index in [0.717, 1.165) is 23.7 Å². The first kappa shape index (κ1) is 10.2. The van der Waals surface area contributed by atoms with Crippen LogP contribution in [0.15, 0.2) is 36.9 Å². The van der Waals surface area contributed by atoms with Crippen molar-refractivity contribution in [3.8, 4) is 11.4 Å². The normalized spacial score (nSPS) is 10.5. The lowest BCUT2D eigenvalue weighted by Crippen LogP contribution is -2.01. The summed E-state index contributed by atoms with van der Waals surface area (Å²) in [4.78, 5) is 8.46. The van der Waals surface area contributed by atoms with Gasteiger partial charge < -0.3 is 4.57 Å². The minimum absolute atomic E-state index is 0.991. The van der Waals surface area contributed by atoms with Gasteiger partial charge in [0.15, 0.2) is 0 Å². The Morgan fingerprint density at radius 3 is 3.07 bits per heavy atom. The average Bonchev–Trinajstić information content (AvgIpc) is 2.75. The number of hydrogen-bond donors (Lipinski definition) is 0. The lowest BCUT2D eigenvalue weighted by atomic mass is 10.3. The quantitative estimate of drug-likeness (QED) is 0.790. The monoisotopic (exact) mass is 219 g/mol. The van der Waals surface area contributed by atoms with E-state index in [9.17, 15) is 0 Å². The molecule has 0 bridgehead atoms. The molecular formula is C11H13N3S. The lowest BCUT2D eigenvalue weighted by Gasteiger charge is -2.05. The summed E-state index contributed by atoms with van der Waals surface area (Å²) in [6.07, 6.45) is 9.58. The molecule has 0 aliphatic carbocycles. The molecule has 15 heavy (non-hydrogen) atoms. The van der Waals surface area contributed by atoms with Crippen molar-refractivity contribution in [2.45, 2.75) is 6.54 Å². The molecule has 2 heterocycles. The predicted octanol–water partition coefficient (Wildman–Crippen LogP) is 2.31. The lowest BCUT2D eigenvalue weighted by molar-refractivity contribution is 0.780. The Morgan fingerprint density at radius 1 is 1.40 bits per heavy atom. The standard InChI is InChI=1S/C11H13N3S/c1-15-8-7-14-6-5-13-11(14)10-3-2-4-12-9-10/h2-6,9H,7-8H2,1H3. The Balaban J connectivity index is 2.25. The zero-order valence-corrected chi connectivity index (χ0v) is 9.44. The number of hydrogen-bond acceptors (Lipinski definition) is 3. The average molecular weight is 219 g/mol. The SMILES string of the molecule is CSCCn1ccnc1-c1cccnc1. The third kappa shape index (κ3) is 2.39. The third-order valence-electron chi connectivity index (χ3n) is 2.17. The molecule has 0 saturated heterocycles. The van der Waals surface area contributed by atoms with Gasteiger partial charge in [0.2, 0.25) is 0 Å². The Hall–Kier alpha value is -1.29. The number of imidazole rings is 1. The van der Waals surface area contributed by atoms with E-state index in [-0.39, 0.29) is 0 Å². The fourth-order valence-electron chi connectivity index (χ4n) is 1.43. The van der Waals surface area contributed by atoms with Crippen LogP contribution in [0.4, 0.5) is 0 Å². The summed E-state index contributed by atoms with van der Waals surface area (Å²) in [5, 5.41) is 0. The fraction of sp³-hybridized carbons (Fsp3) is 0.273. The van der Waals surface area contributed by atoms with E-state index in [1.165, 1.54) is 0 Å². The third-order valence-corrected chi connectivity index (χ3v) is 2.76. The van der Waals surface area contributed by atoms with E-state index < -0.39 is 0 Å². The second-order valence-electron chi connectivity index (χ2n) is 3.18. The van der Waals surface area contributed by atoms with Crippen molar-refractivity contribution in [2.75, 3.05) is 12.0 Å². The molecule has 0 amide bonds. The van der Waals surface area contributed by atoms with Crippen molar-refractivity contribution in [2.24, 2.45) is 0 Å². The van der Waals surface area contributed by atoms with Gasteiger partial charge in [-0.3, -0.25) is 4.98 Å². The van der Waals surface area contributed by atoms with Gasteiger partial charge in [0, 0.05) is 42.6 Å². The highest BCUT2D eigenvalue weighted by atomic mass is 32.2.